The lowest BCUT2D eigenvalue weighted by Gasteiger charge is -2.01. The molecule has 1 radical (unpaired) electrons. The van der Waals surface area contributed by atoms with Crippen molar-refractivity contribution in [3.8, 4) is 0 Å². The van der Waals surface area contributed by atoms with E-state index >= 15 is 0 Å². The van der Waals surface area contributed by atoms with Gasteiger partial charge in [-0.15, -0.1) is 0 Å². The van der Waals surface area contributed by atoms with Crippen molar-refractivity contribution in [2.24, 2.45) is 0 Å². The van der Waals surface area contributed by atoms with E-state index in [1.54, 1.807) is 18.2 Å². The second-order valence-corrected chi connectivity index (χ2v) is 2.42. The van der Waals surface area contributed by atoms with Gasteiger partial charge in [-0.3, -0.25) is 0 Å². The van der Waals surface area contributed by atoms with Crippen molar-refractivity contribution in [1.29, 1.82) is 0 Å². The van der Waals surface area contributed by atoms with Gasteiger partial charge in [-0.2, -0.15) is 0 Å². The van der Waals surface area contributed by atoms with Crippen molar-refractivity contribution in [2.75, 3.05) is 6.61 Å². The van der Waals surface area contributed by atoms with Crippen LogP contribution in [0.3, 0.4) is 0 Å². The zero-order chi connectivity index (χ0) is 8.97. The molecular weight excluding hydrogens is 156 g/mol. The highest BCUT2D eigenvalue weighted by Gasteiger charge is 2.07. The molecule has 0 aliphatic heterocycles. The van der Waals surface area contributed by atoms with Gasteiger partial charge < -0.3 is 5.11 Å². The van der Waals surface area contributed by atoms with Gasteiger partial charge >= 0.3 is 5.97 Å². The first-order valence-electron chi connectivity index (χ1n) is 3.65. The fourth-order valence-electron chi connectivity index (χ4n) is 1.06. The molecule has 0 aliphatic carbocycles. The minimum atomic E-state index is -0.973. The number of carboxylic acid groups (broad SMARTS) is 1. The third kappa shape index (κ3) is 1.83. The minimum Gasteiger partial charge on any atom is -0.478 e. The molecule has 1 aromatic carbocycles. The monoisotopic (exact) mass is 165 g/mol. The largest absolute Gasteiger partial charge is 0.478 e. The lowest BCUT2D eigenvalue weighted by Crippen LogP contribution is -2.03. The van der Waals surface area contributed by atoms with Crippen LogP contribution in [-0.2, 0) is 11.5 Å². The van der Waals surface area contributed by atoms with Crippen LogP contribution in [0.15, 0.2) is 24.3 Å². The van der Waals surface area contributed by atoms with Gasteiger partial charge in [-0.25, -0.2) is 9.90 Å². The maximum Gasteiger partial charge on any atom is 0.335 e. The molecule has 0 unspecified atom stereocenters. The van der Waals surface area contributed by atoms with Crippen LogP contribution in [0.25, 0.3) is 0 Å². The molecule has 1 aromatic rings. The summed E-state index contributed by atoms with van der Waals surface area (Å²) in [5, 5.41) is 19.0. The van der Waals surface area contributed by atoms with Crippen LogP contribution in [0.4, 0.5) is 0 Å². The highest BCUT2D eigenvalue weighted by atomic mass is 16.4. The maximum atomic E-state index is 10.6. The Kier molecular flexibility index (Phi) is 2.82. The van der Waals surface area contributed by atoms with Gasteiger partial charge in [0.2, 0.25) is 0 Å². The Morgan fingerprint density at radius 3 is 2.58 bits per heavy atom. The third-order valence-electron chi connectivity index (χ3n) is 1.62. The fraction of sp³-hybridized carbons (Fsp3) is 0.222. The highest BCUT2D eigenvalue weighted by molar-refractivity contribution is 5.89. The Hall–Kier alpha value is -1.35. The van der Waals surface area contributed by atoms with Crippen molar-refractivity contribution in [2.45, 2.75) is 6.42 Å². The second-order valence-electron chi connectivity index (χ2n) is 2.42. The summed E-state index contributed by atoms with van der Waals surface area (Å²) in [7, 11) is 0. The quantitative estimate of drug-likeness (QED) is 0.735. The van der Waals surface area contributed by atoms with Crippen LogP contribution in [-0.4, -0.2) is 17.7 Å². The van der Waals surface area contributed by atoms with Crippen molar-refractivity contribution in [1.82, 2.24) is 0 Å². The molecule has 0 heterocycles. The number of carbonyl (C=O) groups is 1. The zero-order valence-corrected chi connectivity index (χ0v) is 6.49. The van der Waals surface area contributed by atoms with Gasteiger partial charge in [0.15, 0.2) is 0 Å². The molecule has 0 fully saturated rings. The smallest absolute Gasteiger partial charge is 0.335 e. The van der Waals surface area contributed by atoms with Crippen LogP contribution < -0.4 is 0 Å². The molecule has 0 amide bonds. The molecule has 0 spiro atoms. The Balaban J connectivity index is 3.00. The van der Waals surface area contributed by atoms with E-state index in [9.17, 15) is 9.90 Å². The Bertz CT molecular complexity index is 281. The summed E-state index contributed by atoms with van der Waals surface area (Å²) in [6.07, 6.45) is 0.280. The molecule has 3 nitrogen and oxygen atoms in total. The van der Waals surface area contributed by atoms with E-state index in [1.165, 1.54) is 6.07 Å². The molecule has 1 rings (SSSR count). The normalized spacial score (nSPS) is 9.75. The standard InChI is InChI=1S/C9H9O3/c10-6-5-7-3-1-2-4-8(7)9(11)12/h1-4H,5-6H2,(H,11,12). The first-order chi connectivity index (χ1) is 5.75. The molecule has 0 atom stereocenters. The minimum absolute atomic E-state index is 0.230. The predicted octanol–water partition coefficient (Wildman–Crippen LogP) is 1.36. The summed E-state index contributed by atoms with van der Waals surface area (Å²) in [6.45, 7) is -0.274. The third-order valence-corrected chi connectivity index (χ3v) is 1.62. The summed E-state index contributed by atoms with van der Waals surface area (Å²) >= 11 is 0. The van der Waals surface area contributed by atoms with Crippen LogP contribution in [0, 0.1) is 0 Å². The Morgan fingerprint density at radius 1 is 1.33 bits per heavy atom. The van der Waals surface area contributed by atoms with E-state index in [1.807, 2.05) is 0 Å². The second kappa shape index (κ2) is 3.88. The summed E-state index contributed by atoms with van der Waals surface area (Å²) in [5.41, 5.74) is 0.841. The number of carboxylic acids is 1. The van der Waals surface area contributed by atoms with Crippen LogP contribution >= 0.6 is 0 Å². The summed E-state index contributed by atoms with van der Waals surface area (Å²) < 4.78 is 0. The van der Waals surface area contributed by atoms with E-state index in [4.69, 9.17) is 5.11 Å². The molecule has 63 valence electrons. The average Bonchev–Trinajstić information content (AvgIpc) is 2.05. The first-order valence-corrected chi connectivity index (χ1v) is 3.65. The number of aromatic carboxylic acids is 1. The lowest BCUT2D eigenvalue weighted by molar-refractivity contribution is 0.0695. The van der Waals surface area contributed by atoms with Gasteiger partial charge in [0.25, 0.3) is 0 Å². The van der Waals surface area contributed by atoms with Crippen molar-refractivity contribution >= 4 is 5.97 Å². The molecule has 12 heavy (non-hydrogen) atoms. The van der Waals surface area contributed by atoms with E-state index in [-0.39, 0.29) is 18.6 Å². The number of rotatable bonds is 3. The number of hydrogen-bond donors (Lipinski definition) is 1. The van der Waals surface area contributed by atoms with Gasteiger partial charge in [0.05, 0.1) is 12.2 Å². The summed E-state index contributed by atoms with van der Waals surface area (Å²) in [5.74, 6) is -0.973. The number of benzene rings is 1. The molecule has 1 N–H and O–H groups in total. The van der Waals surface area contributed by atoms with Gasteiger partial charge in [0, 0.05) is 0 Å². The van der Waals surface area contributed by atoms with Crippen LogP contribution in [0.5, 0.6) is 0 Å². The molecule has 0 bridgehead atoms. The van der Waals surface area contributed by atoms with Crippen LogP contribution in [0.1, 0.15) is 15.9 Å². The van der Waals surface area contributed by atoms with Crippen molar-refractivity contribution in [3.63, 3.8) is 0 Å². The molecule has 0 saturated heterocycles. The van der Waals surface area contributed by atoms with Crippen LogP contribution in [0.2, 0.25) is 0 Å². The van der Waals surface area contributed by atoms with Crippen molar-refractivity contribution < 1.29 is 15.0 Å². The SMILES string of the molecule is [O]CCc1ccccc1C(=O)O. The first kappa shape index (κ1) is 8.74. The van der Waals surface area contributed by atoms with E-state index < -0.39 is 5.97 Å². The zero-order valence-electron chi connectivity index (χ0n) is 6.49. The summed E-state index contributed by atoms with van der Waals surface area (Å²) in [6, 6.07) is 6.56. The Morgan fingerprint density at radius 2 is 2.00 bits per heavy atom. The van der Waals surface area contributed by atoms with Crippen molar-refractivity contribution in [3.05, 3.63) is 35.4 Å². The molecule has 0 aliphatic rings. The molecular formula is C9H9O3. The molecule has 0 saturated carbocycles. The molecule has 3 heteroatoms. The fourth-order valence-corrected chi connectivity index (χ4v) is 1.06. The topological polar surface area (TPSA) is 57.2 Å². The van der Waals surface area contributed by atoms with E-state index in [0.717, 1.165) is 0 Å². The highest BCUT2D eigenvalue weighted by Crippen LogP contribution is 2.08. The van der Waals surface area contributed by atoms with Gasteiger partial charge in [0.1, 0.15) is 0 Å². The Labute approximate surface area is 70.3 Å². The number of hydrogen-bond acceptors (Lipinski definition) is 1. The van der Waals surface area contributed by atoms with Gasteiger partial charge in [-0.05, 0) is 18.1 Å². The van der Waals surface area contributed by atoms with E-state index in [0.29, 0.717) is 5.56 Å². The molecule has 0 aromatic heterocycles. The van der Waals surface area contributed by atoms with Gasteiger partial charge in [-0.1, -0.05) is 18.2 Å². The maximum absolute atomic E-state index is 10.6. The lowest BCUT2D eigenvalue weighted by atomic mass is 10.1. The van der Waals surface area contributed by atoms with E-state index in [2.05, 4.69) is 0 Å². The average molecular weight is 165 g/mol. The summed E-state index contributed by atoms with van der Waals surface area (Å²) in [4.78, 5) is 10.6. The predicted molar refractivity (Wildman–Crippen MR) is 42.7 cm³/mol.